The van der Waals surface area contributed by atoms with Crippen molar-refractivity contribution in [2.45, 2.75) is 19.8 Å². The Hall–Kier alpha value is -2.01. The number of nitrogens with one attached hydrogen (secondary N) is 2. The fourth-order valence-electron chi connectivity index (χ4n) is 2.83. The van der Waals surface area contributed by atoms with Crippen molar-refractivity contribution in [2.24, 2.45) is 5.41 Å². The summed E-state index contributed by atoms with van der Waals surface area (Å²) in [5.74, 6) is -0.0760. The van der Waals surface area contributed by atoms with E-state index < -0.39 is 0 Å². The fourth-order valence-corrected chi connectivity index (χ4v) is 2.83. The summed E-state index contributed by atoms with van der Waals surface area (Å²) in [7, 11) is 0. The van der Waals surface area contributed by atoms with E-state index in [1.165, 1.54) is 0 Å². The predicted octanol–water partition coefficient (Wildman–Crippen LogP) is 1.75. The monoisotopic (exact) mass is 284 g/mol. The van der Waals surface area contributed by atoms with Gasteiger partial charge in [-0.15, -0.1) is 0 Å². The highest BCUT2D eigenvalue weighted by atomic mass is 16.1. The number of para-hydroxylation sites is 1. The maximum absolute atomic E-state index is 12.4. The average Bonchev–Trinajstić information content (AvgIpc) is 2.53. The third-order valence-corrected chi connectivity index (χ3v) is 4.10. The van der Waals surface area contributed by atoms with Gasteiger partial charge in [0.15, 0.2) is 0 Å². The van der Waals surface area contributed by atoms with E-state index in [1.54, 1.807) is 18.5 Å². The Morgan fingerprint density at radius 1 is 1.38 bits per heavy atom. The highest BCUT2D eigenvalue weighted by molar-refractivity contribution is 6.04. The van der Waals surface area contributed by atoms with Crippen LogP contribution in [-0.2, 0) is 0 Å². The number of carbonyl (C=O) groups is 1. The van der Waals surface area contributed by atoms with Crippen LogP contribution in [0, 0.1) is 5.41 Å². The van der Waals surface area contributed by atoms with E-state index in [0.29, 0.717) is 17.6 Å². The first-order chi connectivity index (χ1) is 10.2. The Labute approximate surface area is 124 Å². The van der Waals surface area contributed by atoms with E-state index in [4.69, 9.17) is 0 Å². The second-order valence-corrected chi connectivity index (χ2v) is 6.00. The first-order valence-electron chi connectivity index (χ1n) is 7.37. The standard InChI is InChI=1S/C16H20N4O/c1-16(6-3-7-17-10-16)11-20-15(21)12-4-2-5-13-14(12)19-9-8-18-13/h2,4-5,8-9,17H,3,6-7,10-11H2,1H3,(H,20,21). The van der Waals surface area contributed by atoms with Crippen molar-refractivity contribution in [3.05, 3.63) is 36.2 Å². The zero-order valence-electron chi connectivity index (χ0n) is 12.2. The Morgan fingerprint density at radius 2 is 2.24 bits per heavy atom. The van der Waals surface area contributed by atoms with Crippen molar-refractivity contribution in [1.82, 2.24) is 20.6 Å². The summed E-state index contributed by atoms with van der Waals surface area (Å²) < 4.78 is 0. The SMILES string of the molecule is CC1(CNC(=O)c2cccc3nccnc23)CCCNC1. The van der Waals surface area contributed by atoms with Gasteiger partial charge in [0.25, 0.3) is 5.91 Å². The molecule has 2 heterocycles. The van der Waals surface area contributed by atoms with Crippen LogP contribution < -0.4 is 10.6 Å². The number of aromatic nitrogens is 2. The third kappa shape index (κ3) is 3.03. The van der Waals surface area contributed by atoms with Gasteiger partial charge < -0.3 is 10.6 Å². The van der Waals surface area contributed by atoms with Gasteiger partial charge in [0, 0.05) is 25.5 Å². The molecule has 21 heavy (non-hydrogen) atoms. The van der Waals surface area contributed by atoms with Gasteiger partial charge in [-0.25, -0.2) is 0 Å². The minimum absolute atomic E-state index is 0.0760. The van der Waals surface area contributed by atoms with Gasteiger partial charge in [-0.05, 0) is 36.9 Å². The number of nitrogens with zero attached hydrogens (tertiary/aromatic N) is 2. The molecule has 1 aromatic carbocycles. The number of rotatable bonds is 3. The predicted molar refractivity (Wildman–Crippen MR) is 82.1 cm³/mol. The van der Waals surface area contributed by atoms with E-state index in [1.807, 2.05) is 12.1 Å². The molecule has 1 atom stereocenters. The summed E-state index contributed by atoms with van der Waals surface area (Å²) in [6, 6.07) is 5.51. The molecule has 1 saturated heterocycles. The smallest absolute Gasteiger partial charge is 0.253 e. The minimum Gasteiger partial charge on any atom is -0.351 e. The van der Waals surface area contributed by atoms with Crippen LogP contribution in [-0.4, -0.2) is 35.5 Å². The van der Waals surface area contributed by atoms with Gasteiger partial charge in [0.05, 0.1) is 11.1 Å². The molecule has 5 heteroatoms. The molecule has 1 aliphatic heterocycles. The second-order valence-electron chi connectivity index (χ2n) is 6.00. The molecule has 1 aliphatic rings. The zero-order valence-corrected chi connectivity index (χ0v) is 12.2. The molecule has 0 saturated carbocycles. The molecule has 2 N–H and O–H groups in total. The van der Waals surface area contributed by atoms with Crippen LogP contribution in [0.25, 0.3) is 11.0 Å². The second kappa shape index (κ2) is 5.77. The van der Waals surface area contributed by atoms with E-state index in [2.05, 4.69) is 27.5 Å². The Kier molecular flexibility index (Phi) is 3.84. The van der Waals surface area contributed by atoms with Crippen molar-refractivity contribution in [2.75, 3.05) is 19.6 Å². The maximum Gasteiger partial charge on any atom is 0.253 e. The normalized spacial score (nSPS) is 22.1. The molecule has 5 nitrogen and oxygen atoms in total. The minimum atomic E-state index is -0.0760. The van der Waals surface area contributed by atoms with Crippen molar-refractivity contribution in [1.29, 1.82) is 0 Å². The number of carbonyl (C=O) groups excluding carboxylic acids is 1. The Bertz CT molecular complexity index is 644. The van der Waals surface area contributed by atoms with Gasteiger partial charge in [0.2, 0.25) is 0 Å². The fraction of sp³-hybridized carbons (Fsp3) is 0.438. The van der Waals surface area contributed by atoms with Crippen LogP contribution in [0.1, 0.15) is 30.1 Å². The maximum atomic E-state index is 12.4. The lowest BCUT2D eigenvalue weighted by molar-refractivity contribution is 0.0926. The quantitative estimate of drug-likeness (QED) is 0.901. The molecule has 1 amide bonds. The number of piperidine rings is 1. The molecule has 0 radical (unpaired) electrons. The highest BCUT2D eigenvalue weighted by Crippen LogP contribution is 2.24. The van der Waals surface area contributed by atoms with E-state index in [-0.39, 0.29) is 11.3 Å². The molecule has 0 aliphatic carbocycles. The van der Waals surface area contributed by atoms with E-state index in [9.17, 15) is 4.79 Å². The van der Waals surface area contributed by atoms with Crippen LogP contribution >= 0.6 is 0 Å². The van der Waals surface area contributed by atoms with Crippen molar-refractivity contribution >= 4 is 16.9 Å². The molecule has 0 bridgehead atoms. The van der Waals surface area contributed by atoms with E-state index in [0.717, 1.165) is 31.4 Å². The lowest BCUT2D eigenvalue weighted by atomic mass is 9.83. The van der Waals surface area contributed by atoms with Crippen molar-refractivity contribution < 1.29 is 4.79 Å². The summed E-state index contributed by atoms with van der Waals surface area (Å²) in [6.45, 7) is 4.91. The van der Waals surface area contributed by atoms with Crippen LogP contribution in [0.3, 0.4) is 0 Å². The largest absolute Gasteiger partial charge is 0.351 e. The van der Waals surface area contributed by atoms with Gasteiger partial charge in [0.1, 0.15) is 5.52 Å². The van der Waals surface area contributed by atoms with Crippen LogP contribution in [0.5, 0.6) is 0 Å². The molecule has 0 spiro atoms. The lowest BCUT2D eigenvalue weighted by Gasteiger charge is -2.34. The molecular formula is C16H20N4O. The average molecular weight is 284 g/mol. The van der Waals surface area contributed by atoms with Crippen LogP contribution in [0.2, 0.25) is 0 Å². The lowest BCUT2D eigenvalue weighted by Crippen LogP contribution is -2.45. The summed E-state index contributed by atoms with van der Waals surface area (Å²) in [5, 5.41) is 6.45. The van der Waals surface area contributed by atoms with E-state index >= 15 is 0 Å². The molecule has 1 fully saturated rings. The molecule has 110 valence electrons. The first kappa shape index (κ1) is 13.9. The van der Waals surface area contributed by atoms with Crippen molar-refractivity contribution in [3.63, 3.8) is 0 Å². The molecule has 1 unspecified atom stereocenters. The molecule has 2 aromatic rings. The van der Waals surface area contributed by atoms with Crippen LogP contribution in [0.15, 0.2) is 30.6 Å². The van der Waals surface area contributed by atoms with Gasteiger partial charge in [-0.1, -0.05) is 13.0 Å². The summed E-state index contributed by atoms with van der Waals surface area (Å²) in [4.78, 5) is 21.0. The van der Waals surface area contributed by atoms with Crippen LogP contribution in [0.4, 0.5) is 0 Å². The molecule has 1 aromatic heterocycles. The summed E-state index contributed by atoms with van der Waals surface area (Å²) in [5.41, 5.74) is 2.12. The van der Waals surface area contributed by atoms with Crippen molar-refractivity contribution in [3.8, 4) is 0 Å². The Balaban J connectivity index is 1.75. The summed E-state index contributed by atoms with van der Waals surface area (Å²) >= 11 is 0. The zero-order chi connectivity index (χ0) is 14.7. The highest BCUT2D eigenvalue weighted by Gasteiger charge is 2.27. The Morgan fingerprint density at radius 3 is 3.05 bits per heavy atom. The molecule has 3 rings (SSSR count). The topological polar surface area (TPSA) is 66.9 Å². The number of hydrogen-bond donors (Lipinski definition) is 2. The molecular weight excluding hydrogens is 264 g/mol. The van der Waals surface area contributed by atoms with Gasteiger partial charge in [-0.3, -0.25) is 14.8 Å². The van der Waals surface area contributed by atoms with Gasteiger partial charge >= 0.3 is 0 Å². The summed E-state index contributed by atoms with van der Waals surface area (Å²) in [6.07, 6.45) is 5.55. The number of hydrogen-bond acceptors (Lipinski definition) is 4. The number of fused-ring (bicyclic) bond motifs is 1. The number of amides is 1. The number of benzene rings is 1. The third-order valence-electron chi connectivity index (χ3n) is 4.10. The first-order valence-corrected chi connectivity index (χ1v) is 7.37. The van der Waals surface area contributed by atoms with Gasteiger partial charge in [-0.2, -0.15) is 0 Å².